The minimum Gasteiger partial charge on any atom is -0.493 e. The molecule has 23 heavy (non-hydrogen) atoms. The van der Waals surface area contributed by atoms with E-state index in [1.54, 1.807) is 0 Å². The summed E-state index contributed by atoms with van der Waals surface area (Å²) >= 11 is 0. The molecule has 0 bridgehead atoms. The van der Waals surface area contributed by atoms with E-state index in [9.17, 15) is 4.79 Å². The third kappa shape index (κ3) is 2.89. The van der Waals surface area contributed by atoms with Crippen LogP contribution in [0, 0.1) is 0 Å². The Kier molecular flexibility index (Phi) is 4.51. The molecule has 120 valence electrons. The van der Waals surface area contributed by atoms with Crippen molar-refractivity contribution < 1.29 is 9.53 Å². The van der Waals surface area contributed by atoms with Crippen LogP contribution in [-0.4, -0.2) is 24.0 Å². The predicted molar refractivity (Wildman–Crippen MR) is 91.7 cm³/mol. The van der Waals surface area contributed by atoms with Crippen LogP contribution >= 0.6 is 0 Å². The van der Waals surface area contributed by atoms with Crippen molar-refractivity contribution in [1.82, 2.24) is 4.90 Å². The number of fused-ring (bicyclic) bond motifs is 1. The fraction of sp³-hybridized carbons (Fsp3) is 0.316. The highest BCUT2D eigenvalue weighted by molar-refractivity contribution is 6.01. The summed E-state index contributed by atoms with van der Waals surface area (Å²) in [5.41, 5.74) is 2.58. The molecule has 0 spiro atoms. The van der Waals surface area contributed by atoms with E-state index in [-0.39, 0.29) is 12.1 Å². The van der Waals surface area contributed by atoms with Gasteiger partial charge in [0, 0.05) is 17.8 Å². The van der Waals surface area contributed by atoms with Gasteiger partial charge in [0.1, 0.15) is 11.9 Å². The number of hydrogen-bond donors (Lipinski definition) is 1. The summed E-state index contributed by atoms with van der Waals surface area (Å²) < 4.78 is 5.88. The van der Waals surface area contributed by atoms with Crippen LogP contribution < -0.4 is 10.1 Å². The first kappa shape index (κ1) is 15.4. The van der Waals surface area contributed by atoms with Crippen molar-refractivity contribution in [3.05, 3.63) is 59.7 Å². The van der Waals surface area contributed by atoms with E-state index < -0.39 is 0 Å². The summed E-state index contributed by atoms with van der Waals surface area (Å²) in [5, 5.41) is 3.49. The Morgan fingerprint density at radius 2 is 1.83 bits per heavy atom. The van der Waals surface area contributed by atoms with Gasteiger partial charge in [-0.2, -0.15) is 0 Å². The largest absolute Gasteiger partial charge is 0.493 e. The lowest BCUT2D eigenvalue weighted by atomic mass is 10.0. The molecule has 0 aromatic heterocycles. The maximum absolute atomic E-state index is 12.8. The number of nitrogens with one attached hydrogen (secondary N) is 1. The average molecular weight is 310 g/mol. The van der Waals surface area contributed by atoms with E-state index in [1.807, 2.05) is 60.4 Å². The molecule has 0 radical (unpaired) electrons. The van der Waals surface area contributed by atoms with Crippen LogP contribution in [0.5, 0.6) is 5.75 Å². The molecule has 0 saturated heterocycles. The molecule has 2 aromatic carbocycles. The first-order valence-corrected chi connectivity index (χ1v) is 8.14. The van der Waals surface area contributed by atoms with Crippen molar-refractivity contribution in [1.29, 1.82) is 0 Å². The van der Waals surface area contributed by atoms with Crippen LogP contribution in [0.4, 0.5) is 5.69 Å². The molecule has 0 aliphatic carbocycles. The molecule has 1 N–H and O–H groups in total. The van der Waals surface area contributed by atoms with Crippen LogP contribution in [-0.2, 0) is 0 Å². The quantitative estimate of drug-likeness (QED) is 0.905. The molecule has 4 nitrogen and oxygen atoms in total. The first-order chi connectivity index (χ1) is 11.3. The normalized spacial score (nSPS) is 16.7. The number of anilines is 1. The zero-order valence-electron chi connectivity index (χ0n) is 13.6. The van der Waals surface area contributed by atoms with Crippen molar-refractivity contribution >= 4 is 11.6 Å². The average Bonchev–Trinajstić information content (AvgIpc) is 2.60. The summed E-state index contributed by atoms with van der Waals surface area (Å²) in [7, 11) is 0. The van der Waals surface area contributed by atoms with Crippen molar-refractivity contribution in [3.63, 3.8) is 0 Å². The molecule has 0 saturated carbocycles. The van der Waals surface area contributed by atoms with Crippen molar-refractivity contribution in [3.8, 4) is 5.75 Å². The molecule has 3 rings (SSSR count). The molecule has 1 heterocycles. The number of rotatable bonds is 5. The second kappa shape index (κ2) is 6.73. The Morgan fingerprint density at radius 3 is 2.61 bits per heavy atom. The zero-order valence-corrected chi connectivity index (χ0v) is 13.6. The molecular formula is C19H22N2O2. The number of benzene rings is 2. The minimum atomic E-state index is -0.213. The molecule has 1 aliphatic heterocycles. The van der Waals surface area contributed by atoms with Gasteiger partial charge in [0.25, 0.3) is 5.91 Å². The summed E-state index contributed by atoms with van der Waals surface area (Å²) in [4.78, 5) is 14.6. The summed E-state index contributed by atoms with van der Waals surface area (Å²) in [6.07, 6.45) is 0.738. The number of carbonyl (C=O) groups excluding carboxylic acids is 1. The summed E-state index contributed by atoms with van der Waals surface area (Å²) in [5.74, 6) is 0.884. The second-order valence-electron chi connectivity index (χ2n) is 5.57. The van der Waals surface area contributed by atoms with E-state index in [0.717, 1.165) is 29.0 Å². The van der Waals surface area contributed by atoms with Gasteiger partial charge in [0.15, 0.2) is 0 Å². The minimum absolute atomic E-state index is 0.0529. The van der Waals surface area contributed by atoms with Gasteiger partial charge in [0.05, 0.1) is 12.2 Å². The van der Waals surface area contributed by atoms with Gasteiger partial charge in [-0.3, -0.25) is 4.79 Å². The van der Waals surface area contributed by atoms with Gasteiger partial charge in [0.2, 0.25) is 0 Å². The number of amides is 1. The van der Waals surface area contributed by atoms with Crippen molar-refractivity contribution in [2.24, 2.45) is 0 Å². The third-order valence-corrected chi connectivity index (χ3v) is 4.04. The topological polar surface area (TPSA) is 41.6 Å². The number of carbonyl (C=O) groups is 1. The van der Waals surface area contributed by atoms with Crippen molar-refractivity contribution in [2.45, 2.75) is 26.4 Å². The van der Waals surface area contributed by atoms with E-state index in [0.29, 0.717) is 13.2 Å². The van der Waals surface area contributed by atoms with Gasteiger partial charge in [-0.05, 0) is 31.5 Å². The Bertz CT molecular complexity index is 699. The van der Waals surface area contributed by atoms with Gasteiger partial charge < -0.3 is 15.0 Å². The highest BCUT2D eigenvalue weighted by Gasteiger charge is 2.33. The predicted octanol–water partition coefficient (Wildman–Crippen LogP) is 4.06. The first-order valence-electron chi connectivity index (χ1n) is 8.14. The maximum Gasteiger partial charge on any atom is 0.257 e. The van der Waals surface area contributed by atoms with E-state index in [1.165, 1.54) is 0 Å². The second-order valence-corrected chi connectivity index (χ2v) is 5.57. The van der Waals surface area contributed by atoms with E-state index in [2.05, 4.69) is 12.2 Å². The number of ether oxygens (including phenoxy) is 1. The number of hydrogen-bond acceptors (Lipinski definition) is 3. The van der Waals surface area contributed by atoms with Crippen molar-refractivity contribution in [2.75, 3.05) is 18.5 Å². The molecule has 1 unspecified atom stereocenters. The molecule has 1 amide bonds. The Morgan fingerprint density at radius 1 is 1.09 bits per heavy atom. The Labute approximate surface area is 137 Å². The lowest BCUT2D eigenvalue weighted by Crippen LogP contribution is -2.42. The lowest BCUT2D eigenvalue weighted by molar-refractivity contribution is 0.0692. The third-order valence-electron chi connectivity index (χ3n) is 4.04. The number of para-hydroxylation sites is 2. The van der Waals surface area contributed by atoms with Gasteiger partial charge in [-0.25, -0.2) is 0 Å². The van der Waals surface area contributed by atoms with Gasteiger partial charge >= 0.3 is 0 Å². The van der Waals surface area contributed by atoms with Gasteiger partial charge in [-0.15, -0.1) is 0 Å². The van der Waals surface area contributed by atoms with E-state index in [4.69, 9.17) is 4.74 Å². The molecule has 4 heteroatoms. The van der Waals surface area contributed by atoms with Crippen LogP contribution in [0.25, 0.3) is 0 Å². The van der Waals surface area contributed by atoms with Crippen LogP contribution in [0.3, 0.4) is 0 Å². The smallest absolute Gasteiger partial charge is 0.257 e. The van der Waals surface area contributed by atoms with E-state index >= 15 is 0 Å². The molecule has 1 aliphatic rings. The SMILES string of the molecule is CCCOc1ccccc1C1Nc2ccccc2C(=O)N1CC. The highest BCUT2D eigenvalue weighted by Crippen LogP contribution is 2.36. The maximum atomic E-state index is 12.8. The zero-order chi connectivity index (χ0) is 16.2. The molecule has 0 fully saturated rings. The fourth-order valence-corrected chi connectivity index (χ4v) is 2.91. The standard InChI is InChI=1S/C19H22N2O2/c1-3-13-23-17-12-8-6-10-15(17)18-20-16-11-7-5-9-14(16)19(22)21(18)4-2/h5-12,18,20H,3-4,13H2,1-2H3. The summed E-state index contributed by atoms with van der Waals surface area (Å²) in [6.45, 7) is 5.38. The number of nitrogens with zero attached hydrogens (tertiary/aromatic N) is 1. The Balaban J connectivity index is 2.01. The monoisotopic (exact) mass is 310 g/mol. The molecule has 2 aromatic rings. The van der Waals surface area contributed by atoms with Crippen LogP contribution in [0.1, 0.15) is 42.4 Å². The van der Waals surface area contributed by atoms with Crippen LogP contribution in [0.15, 0.2) is 48.5 Å². The fourth-order valence-electron chi connectivity index (χ4n) is 2.91. The molecular weight excluding hydrogens is 288 g/mol. The highest BCUT2D eigenvalue weighted by atomic mass is 16.5. The van der Waals surface area contributed by atoms with Gasteiger partial charge in [-0.1, -0.05) is 37.3 Å². The molecule has 1 atom stereocenters. The lowest BCUT2D eigenvalue weighted by Gasteiger charge is -2.38. The Hall–Kier alpha value is -2.49. The van der Waals surface area contributed by atoms with Crippen LogP contribution in [0.2, 0.25) is 0 Å². The summed E-state index contributed by atoms with van der Waals surface area (Å²) in [6, 6.07) is 15.6.